The van der Waals surface area contributed by atoms with E-state index in [1.807, 2.05) is 0 Å². The minimum atomic E-state index is -4.50. The largest absolute Gasteiger partial charge is 0.417 e. The number of rotatable bonds is 3. The van der Waals surface area contributed by atoms with E-state index in [0.29, 0.717) is 0 Å². The number of hydrogen-bond acceptors (Lipinski definition) is 5. The number of nitrogens with zero attached hydrogens (tertiary/aromatic N) is 3. The molecule has 0 fully saturated rings. The van der Waals surface area contributed by atoms with Crippen molar-refractivity contribution in [1.82, 2.24) is 25.2 Å². The van der Waals surface area contributed by atoms with Crippen LogP contribution < -0.4 is 10.6 Å². The summed E-state index contributed by atoms with van der Waals surface area (Å²) in [5.74, 6) is -0.599. The van der Waals surface area contributed by atoms with Crippen LogP contribution in [0.1, 0.15) is 12.5 Å². The first kappa shape index (κ1) is 17.1. The van der Waals surface area contributed by atoms with Crippen LogP contribution in [0.5, 0.6) is 0 Å². The van der Waals surface area contributed by atoms with Crippen LogP contribution in [-0.2, 0) is 11.0 Å². The zero-order chi connectivity index (χ0) is 17.2. The molecule has 0 unspecified atom stereocenters. The van der Waals surface area contributed by atoms with Crippen molar-refractivity contribution in [2.75, 3.05) is 7.05 Å². The fourth-order valence-electron chi connectivity index (χ4n) is 1.61. The van der Waals surface area contributed by atoms with Gasteiger partial charge in [-0.15, -0.1) is 10.2 Å². The van der Waals surface area contributed by atoms with Gasteiger partial charge in [0, 0.05) is 13.2 Å². The maximum atomic E-state index is 12.8. The topological polar surface area (TPSA) is 88.4 Å². The van der Waals surface area contributed by atoms with Gasteiger partial charge in [0.15, 0.2) is 10.8 Å². The number of nitrogens with one attached hydrogen (secondary N) is 2. The Hall–Kier alpha value is -2.30. The van der Waals surface area contributed by atoms with Gasteiger partial charge in [-0.05, 0) is 19.1 Å². The van der Waals surface area contributed by atoms with E-state index in [1.54, 1.807) is 0 Å². The molecule has 23 heavy (non-hydrogen) atoms. The summed E-state index contributed by atoms with van der Waals surface area (Å²) in [7, 11) is 1.35. The number of imide groups is 1. The van der Waals surface area contributed by atoms with Crippen molar-refractivity contribution in [3.05, 3.63) is 23.9 Å². The van der Waals surface area contributed by atoms with Crippen LogP contribution in [0.3, 0.4) is 0 Å². The third-order valence-corrected chi connectivity index (χ3v) is 3.87. The molecular weight excluding hydrogens is 335 g/mol. The second-order valence-electron chi connectivity index (χ2n) is 4.45. The molecule has 0 saturated heterocycles. The second kappa shape index (κ2) is 6.44. The summed E-state index contributed by atoms with van der Waals surface area (Å²) >= 11 is 0.890. The maximum Gasteiger partial charge on any atom is 0.417 e. The fraction of sp³-hybridized carbons (Fsp3) is 0.333. The highest BCUT2D eigenvalue weighted by molar-refractivity contribution is 8.00. The first-order valence-corrected chi connectivity index (χ1v) is 7.21. The average Bonchev–Trinajstić information content (AvgIpc) is 2.88. The normalized spacial score (nSPS) is 12.9. The number of carbonyl (C=O) groups excluding carboxylic acids is 2. The summed E-state index contributed by atoms with van der Waals surface area (Å²) in [6.45, 7) is 1.50. The smallest absolute Gasteiger partial charge is 0.341 e. The molecule has 1 atom stereocenters. The Morgan fingerprint density at radius 3 is 2.61 bits per heavy atom. The Morgan fingerprint density at radius 1 is 1.30 bits per heavy atom. The van der Waals surface area contributed by atoms with Crippen molar-refractivity contribution in [2.45, 2.75) is 23.5 Å². The third-order valence-electron chi connectivity index (χ3n) is 2.81. The van der Waals surface area contributed by atoms with Crippen molar-refractivity contribution < 1.29 is 22.8 Å². The average molecular weight is 347 g/mol. The minimum absolute atomic E-state index is 0.116. The van der Waals surface area contributed by atoms with Gasteiger partial charge in [0.1, 0.15) is 0 Å². The number of hydrogen-bond donors (Lipinski definition) is 2. The number of urea groups is 1. The number of alkyl halides is 3. The van der Waals surface area contributed by atoms with Crippen LogP contribution in [0.25, 0.3) is 5.65 Å². The van der Waals surface area contributed by atoms with E-state index < -0.39 is 28.9 Å². The summed E-state index contributed by atoms with van der Waals surface area (Å²) in [5, 5.41) is 11.2. The fourth-order valence-corrected chi connectivity index (χ4v) is 2.44. The SMILES string of the molecule is CNC(=O)NC(=O)[C@H](C)Sc1nnc2ccc(C(F)(F)F)cn12. The second-order valence-corrected chi connectivity index (χ2v) is 5.76. The minimum Gasteiger partial charge on any atom is -0.341 e. The predicted molar refractivity (Wildman–Crippen MR) is 75.9 cm³/mol. The number of amides is 3. The molecule has 0 bridgehead atoms. The Bertz CT molecular complexity index is 746. The third kappa shape index (κ3) is 3.92. The van der Waals surface area contributed by atoms with E-state index in [2.05, 4.69) is 20.8 Å². The van der Waals surface area contributed by atoms with Crippen molar-refractivity contribution in [3.8, 4) is 0 Å². The number of fused-ring (bicyclic) bond motifs is 1. The van der Waals surface area contributed by atoms with Crippen LogP contribution in [0.15, 0.2) is 23.5 Å². The zero-order valence-corrected chi connectivity index (χ0v) is 12.8. The van der Waals surface area contributed by atoms with Crippen LogP contribution >= 0.6 is 11.8 Å². The number of halogens is 3. The highest BCUT2D eigenvalue weighted by Crippen LogP contribution is 2.30. The lowest BCUT2D eigenvalue weighted by atomic mass is 10.3. The van der Waals surface area contributed by atoms with E-state index in [-0.39, 0.29) is 10.8 Å². The van der Waals surface area contributed by atoms with Crippen molar-refractivity contribution >= 4 is 29.3 Å². The molecule has 3 amide bonds. The molecule has 7 nitrogen and oxygen atoms in total. The zero-order valence-electron chi connectivity index (χ0n) is 12.0. The Labute approximate surface area is 132 Å². The maximum absolute atomic E-state index is 12.8. The summed E-state index contributed by atoms with van der Waals surface area (Å²) in [5.41, 5.74) is -0.631. The van der Waals surface area contributed by atoms with Gasteiger partial charge in [-0.3, -0.25) is 14.5 Å². The van der Waals surface area contributed by atoms with Crippen LogP contribution in [0.2, 0.25) is 0 Å². The first-order valence-electron chi connectivity index (χ1n) is 6.33. The Balaban J connectivity index is 2.23. The lowest BCUT2D eigenvalue weighted by molar-refractivity contribution is -0.137. The van der Waals surface area contributed by atoms with E-state index >= 15 is 0 Å². The van der Waals surface area contributed by atoms with E-state index in [4.69, 9.17) is 0 Å². The molecular formula is C12H12F3N5O2S. The molecule has 2 aromatic rings. The lowest BCUT2D eigenvalue weighted by Gasteiger charge is -2.10. The number of carbonyl (C=O) groups is 2. The Morgan fingerprint density at radius 2 is 2.00 bits per heavy atom. The molecule has 2 aromatic heterocycles. The molecule has 0 aliphatic rings. The molecule has 11 heteroatoms. The molecule has 2 heterocycles. The molecule has 0 aromatic carbocycles. The molecule has 0 radical (unpaired) electrons. The molecule has 0 saturated carbocycles. The summed E-state index contributed by atoms with van der Waals surface area (Å²) in [6, 6.07) is 1.42. The lowest BCUT2D eigenvalue weighted by Crippen LogP contribution is -2.41. The standard InChI is InChI=1S/C12H12F3N5O2S/c1-6(9(21)17-10(22)16-2)23-11-19-18-8-4-3-7(5-20(8)11)12(13,14)15/h3-6H,1-2H3,(H2,16,17,21,22)/t6-/m0/s1. The van der Waals surface area contributed by atoms with Crippen molar-refractivity contribution in [2.24, 2.45) is 0 Å². The summed E-state index contributed by atoms with van der Waals surface area (Å²) < 4.78 is 39.4. The quantitative estimate of drug-likeness (QED) is 0.825. The molecule has 0 aliphatic carbocycles. The van der Waals surface area contributed by atoms with Crippen molar-refractivity contribution in [1.29, 1.82) is 0 Å². The molecule has 2 N–H and O–H groups in total. The van der Waals surface area contributed by atoms with Gasteiger partial charge in [-0.25, -0.2) is 4.79 Å². The predicted octanol–water partition coefficient (Wildman–Crippen LogP) is 1.68. The number of aromatic nitrogens is 3. The monoisotopic (exact) mass is 347 g/mol. The summed E-state index contributed by atoms with van der Waals surface area (Å²) in [4.78, 5) is 22.9. The number of pyridine rings is 1. The van der Waals surface area contributed by atoms with Gasteiger partial charge in [0.25, 0.3) is 0 Å². The highest BCUT2D eigenvalue weighted by atomic mass is 32.2. The van der Waals surface area contributed by atoms with Gasteiger partial charge >= 0.3 is 12.2 Å². The van der Waals surface area contributed by atoms with Crippen LogP contribution in [-0.4, -0.2) is 38.8 Å². The van der Waals surface area contributed by atoms with Crippen LogP contribution in [0, 0.1) is 0 Å². The van der Waals surface area contributed by atoms with Gasteiger partial charge in [0.2, 0.25) is 5.91 Å². The highest BCUT2D eigenvalue weighted by Gasteiger charge is 2.31. The van der Waals surface area contributed by atoms with Gasteiger partial charge < -0.3 is 5.32 Å². The molecule has 0 aliphatic heterocycles. The van der Waals surface area contributed by atoms with Gasteiger partial charge in [-0.2, -0.15) is 13.2 Å². The van der Waals surface area contributed by atoms with Crippen molar-refractivity contribution in [3.63, 3.8) is 0 Å². The molecule has 124 valence electrons. The number of thioether (sulfide) groups is 1. The van der Waals surface area contributed by atoms with Crippen LogP contribution in [0.4, 0.5) is 18.0 Å². The van der Waals surface area contributed by atoms with E-state index in [9.17, 15) is 22.8 Å². The molecule has 0 spiro atoms. The molecule has 2 rings (SSSR count). The first-order chi connectivity index (χ1) is 10.7. The van der Waals surface area contributed by atoms with Gasteiger partial charge in [-0.1, -0.05) is 11.8 Å². The van der Waals surface area contributed by atoms with E-state index in [0.717, 1.165) is 28.4 Å². The summed E-state index contributed by atoms with van der Waals surface area (Å²) in [6.07, 6.45) is -3.64. The Kier molecular flexibility index (Phi) is 4.78. The van der Waals surface area contributed by atoms with Gasteiger partial charge in [0.05, 0.1) is 10.8 Å². The van der Waals surface area contributed by atoms with E-state index in [1.165, 1.54) is 20.0 Å².